The van der Waals surface area contributed by atoms with Gasteiger partial charge in [-0.25, -0.2) is 8.42 Å². The molecule has 0 atom stereocenters. The summed E-state index contributed by atoms with van der Waals surface area (Å²) in [6, 6.07) is 15.3. The van der Waals surface area contributed by atoms with Gasteiger partial charge in [0.25, 0.3) is 0 Å². The molecule has 1 N–H and O–H groups in total. The van der Waals surface area contributed by atoms with Crippen molar-refractivity contribution in [2.45, 2.75) is 37.8 Å². The van der Waals surface area contributed by atoms with Crippen LogP contribution in [0, 0.1) is 12.8 Å². The van der Waals surface area contributed by atoms with Crippen LogP contribution in [0.2, 0.25) is 0 Å². The second kappa shape index (κ2) is 10.8. The van der Waals surface area contributed by atoms with Crippen molar-refractivity contribution < 1.29 is 17.9 Å². The van der Waals surface area contributed by atoms with Gasteiger partial charge in [-0.15, -0.1) is 0 Å². The van der Waals surface area contributed by atoms with Crippen LogP contribution in [0.15, 0.2) is 53.4 Å². The molecule has 0 aromatic heterocycles. The minimum absolute atomic E-state index is 0.000206. The number of aryl methyl sites for hydroxylation is 1. The molecular weight excluding hydrogens is 438 g/mol. The molecule has 2 saturated heterocycles. The number of ether oxygens (including phenoxy) is 1. The first-order chi connectivity index (χ1) is 15.9. The lowest BCUT2D eigenvalue weighted by Gasteiger charge is -2.30. The summed E-state index contributed by atoms with van der Waals surface area (Å²) in [5.74, 6) is -0.158. The first-order valence-electron chi connectivity index (χ1n) is 11.6. The summed E-state index contributed by atoms with van der Waals surface area (Å²) in [5.41, 5.74) is 3.35. The number of amides is 1. The van der Waals surface area contributed by atoms with Crippen molar-refractivity contribution in [1.82, 2.24) is 14.5 Å². The van der Waals surface area contributed by atoms with E-state index in [2.05, 4.69) is 34.5 Å². The molecule has 0 saturated carbocycles. The van der Waals surface area contributed by atoms with Crippen LogP contribution in [-0.4, -0.2) is 62.9 Å². The van der Waals surface area contributed by atoms with E-state index in [4.69, 9.17) is 4.74 Å². The molecule has 8 heteroatoms. The molecule has 0 bridgehead atoms. The molecule has 0 aliphatic carbocycles. The molecule has 2 heterocycles. The number of carbonyl (C=O) groups is 1. The fraction of sp³-hybridized carbons (Fsp3) is 0.480. The maximum atomic E-state index is 12.9. The molecule has 2 fully saturated rings. The first-order valence-corrected chi connectivity index (χ1v) is 13.1. The van der Waals surface area contributed by atoms with E-state index in [9.17, 15) is 13.2 Å². The monoisotopic (exact) mass is 471 g/mol. The predicted octanol–water partition coefficient (Wildman–Crippen LogP) is 2.54. The van der Waals surface area contributed by atoms with E-state index in [0.717, 1.165) is 44.0 Å². The van der Waals surface area contributed by atoms with Crippen LogP contribution in [0.5, 0.6) is 0 Å². The zero-order valence-electron chi connectivity index (χ0n) is 19.2. The summed E-state index contributed by atoms with van der Waals surface area (Å²) >= 11 is 0. The lowest BCUT2D eigenvalue weighted by molar-refractivity contribution is -0.126. The molecule has 4 rings (SSSR count). The maximum absolute atomic E-state index is 12.9. The summed E-state index contributed by atoms with van der Waals surface area (Å²) < 4.78 is 32.6. The van der Waals surface area contributed by atoms with Gasteiger partial charge in [-0.2, -0.15) is 4.31 Å². The summed E-state index contributed by atoms with van der Waals surface area (Å²) in [6.07, 6.45) is 1.07. The highest BCUT2D eigenvalue weighted by molar-refractivity contribution is 7.89. The quantitative estimate of drug-likeness (QED) is 0.672. The number of hydrogen-bond acceptors (Lipinski definition) is 5. The van der Waals surface area contributed by atoms with Crippen molar-refractivity contribution in [2.75, 3.05) is 39.4 Å². The van der Waals surface area contributed by atoms with Gasteiger partial charge in [0.1, 0.15) is 0 Å². The molecule has 0 unspecified atom stereocenters. The van der Waals surface area contributed by atoms with E-state index in [0.29, 0.717) is 37.4 Å². The highest BCUT2D eigenvalue weighted by Gasteiger charge is 2.32. The second-order valence-electron chi connectivity index (χ2n) is 8.91. The van der Waals surface area contributed by atoms with E-state index in [1.54, 1.807) is 12.1 Å². The molecule has 1 amide bonds. The van der Waals surface area contributed by atoms with Gasteiger partial charge in [0.2, 0.25) is 15.9 Å². The number of benzene rings is 2. The number of morpholine rings is 1. The molecule has 0 spiro atoms. The Morgan fingerprint density at radius 1 is 0.939 bits per heavy atom. The average molecular weight is 472 g/mol. The topological polar surface area (TPSA) is 79.0 Å². The molecule has 7 nitrogen and oxygen atoms in total. The summed E-state index contributed by atoms with van der Waals surface area (Å²) in [6.45, 7) is 7.57. The number of sulfonamides is 1. The molecule has 2 aromatic rings. The third-order valence-electron chi connectivity index (χ3n) is 6.48. The molecule has 2 aromatic carbocycles. The van der Waals surface area contributed by atoms with Gasteiger partial charge in [0.15, 0.2) is 0 Å². The van der Waals surface area contributed by atoms with E-state index < -0.39 is 10.0 Å². The van der Waals surface area contributed by atoms with Gasteiger partial charge in [-0.1, -0.05) is 42.0 Å². The van der Waals surface area contributed by atoms with Crippen molar-refractivity contribution in [3.63, 3.8) is 0 Å². The molecule has 0 radical (unpaired) electrons. The van der Waals surface area contributed by atoms with Crippen LogP contribution in [0.25, 0.3) is 0 Å². The van der Waals surface area contributed by atoms with Crippen molar-refractivity contribution in [3.8, 4) is 0 Å². The SMILES string of the molecule is Cc1ccc(S(=O)(=O)N2CCC(C(=O)NCc3ccc(CN4CCOCC4)cc3)CC2)cc1. The maximum Gasteiger partial charge on any atom is 0.243 e. The van der Waals surface area contributed by atoms with E-state index >= 15 is 0 Å². The largest absolute Gasteiger partial charge is 0.379 e. The number of rotatable bonds is 7. The molecule has 2 aliphatic heterocycles. The van der Waals surface area contributed by atoms with Crippen LogP contribution in [0.3, 0.4) is 0 Å². The smallest absolute Gasteiger partial charge is 0.243 e. The van der Waals surface area contributed by atoms with Gasteiger partial charge in [-0.05, 0) is 43.0 Å². The highest BCUT2D eigenvalue weighted by atomic mass is 32.2. The van der Waals surface area contributed by atoms with E-state index in [-0.39, 0.29) is 11.8 Å². The van der Waals surface area contributed by atoms with Gasteiger partial charge in [0, 0.05) is 45.2 Å². The van der Waals surface area contributed by atoms with Crippen LogP contribution in [0.1, 0.15) is 29.5 Å². The van der Waals surface area contributed by atoms with Gasteiger partial charge in [-0.3, -0.25) is 9.69 Å². The zero-order chi connectivity index (χ0) is 23.3. The van der Waals surface area contributed by atoms with Crippen LogP contribution in [0.4, 0.5) is 0 Å². The summed E-state index contributed by atoms with van der Waals surface area (Å²) in [5, 5.41) is 3.03. The van der Waals surface area contributed by atoms with E-state index in [1.165, 1.54) is 9.87 Å². The lowest BCUT2D eigenvalue weighted by atomic mass is 9.97. The third-order valence-corrected chi connectivity index (χ3v) is 8.40. The highest BCUT2D eigenvalue weighted by Crippen LogP contribution is 2.24. The Balaban J connectivity index is 1.23. The fourth-order valence-electron chi connectivity index (χ4n) is 4.33. The van der Waals surface area contributed by atoms with Crippen molar-refractivity contribution in [3.05, 3.63) is 65.2 Å². The van der Waals surface area contributed by atoms with Gasteiger partial charge >= 0.3 is 0 Å². The average Bonchev–Trinajstić information content (AvgIpc) is 2.84. The normalized spacial score (nSPS) is 18.8. The summed E-state index contributed by atoms with van der Waals surface area (Å²) in [4.78, 5) is 15.4. The summed E-state index contributed by atoms with van der Waals surface area (Å²) in [7, 11) is -3.51. The predicted molar refractivity (Wildman–Crippen MR) is 127 cm³/mol. The molecule has 178 valence electrons. The number of nitrogens with zero attached hydrogens (tertiary/aromatic N) is 2. The first kappa shape index (κ1) is 23.9. The third kappa shape index (κ3) is 6.20. The number of nitrogens with one attached hydrogen (secondary N) is 1. The Kier molecular flexibility index (Phi) is 7.80. The fourth-order valence-corrected chi connectivity index (χ4v) is 5.80. The molecule has 33 heavy (non-hydrogen) atoms. The minimum atomic E-state index is -3.51. The Hall–Kier alpha value is -2.26. The molecular formula is C25H33N3O4S. The second-order valence-corrected chi connectivity index (χ2v) is 10.9. The Labute approximate surface area is 196 Å². The van der Waals surface area contributed by atoms with Gasteiger partial charge in [0.05, 0.1) is 18.1 Å². The number of hydrogen-bond donors (Lipinski definition) is 1. The number of carbonyl (C=O) groups excluding carboxylic acids is 1. The molecule has 2 aliphatic rings. The lowest BCUT2D eigenvalue weighted by Crippen LogP contribution is -2.42. The van der Waals surface area contributed by atoms with Crippen LogP contribution >= 0.6 is 0 Å². The Morgan fingerprint density at radius 3 is 2.18 bits per heavy atom. The Bertz CT molecular complexity index is 1020. The number of piperidine rings is 1. The Morgan fingerprint density at radius 2 is 1.55 bits per heavy atom. The van der Waals surface area contributed by atoms with E-state index in [1.807, 2.05) is 19.1 Å². The zero-order valence-corrected chi connectivity index (χ0v) is 20.0. The van der Waals surface area contributed by atoms with Crippen molar-refractivity contribution >= 4 is 15.9 Å². The van der Waals surface area contributed by atoms with Crippen LogP contribution < -0.4 is 5.32 Å². The van der Waals surface area contributed by atoms with Crippen LogP contribution in [-0.2, 0) is 32.6 Å². The minimum Gasteiger partial charge on any atom is -0.379 e. The van der Waals surface area contributed by atoms with Crippen molar-refractivity contribution in [2.24, 2.45) is 5.92 Å². The van der Waals surface area contributed by atoms with Crippen molar-refractivity contribution in [1.29, 1.82) is 0 Å². The standard InChI is InChI=1S/C25H33N3O4S/c1-20-2-8-24(9-3-20)33(30,31)28-12-10-23(11-13-28)25(29)26-18-21-4-6-22(7-5-21)19-27-14-16-32-17-15-27/h2-9,23H,10-19H2,1H3,(H,26,29). The van der Waals surface area contributed by atoms with Gasteiger partial charge < -0.3 is 10.1 Å².